The first-order valence-corrected chi connectivity index (χ1v) is 13.9. The molecule has 0 aliphatic heterocycles. The van der Waals surface area contributed by atoms with Gasteiger partial charge < -0.3 is 10.2 Å². The third kappa shape index (κ3) is 8.74. The molecule has 1 heterocycles. The van der Waals surface area contributed by atoms with E-state index in [-0.39, 0.29) is 18.4 Å². The molecule has 0 aliphatic rings. The molecule has 0 fully saturated rings. The molecule has 0 saturated carbocycles. The number of anilines is 1. The van der Waals surface area contributed by atoms with E-state index in [4.69, 9.17) is 16.7 Å². The average molecular weight is 523 g/mol. The van der Waals surface area contributed by atoms with Gasteiger partial charge in [-0.05, 0) is 25.0 Å². The van der Waals surface area contributed by atoms with E-state index in [1.54, 1.807) is 15.6 Å². The van der Waals surface area contributed by atoms with Crippen LogP contribution in [0.1, 0.15) is 71.6 Å². The summed E-state index contributed by atoms with van der Waals surface area (Å²) in [6.07, 6.45) is 9.06. The van der Waals surface area contributed by atoms with Crippen molar-refractivity contribution in [2.75, 3.05) is 18.4 Å². The number of hydrogen-bond donors (Lipinski definition) is 1. The molecule has 1 aromatic heterocycles. The normalized spacial score (nSPS) is 10.9. The molecule has 0 radical (unpaired) electrons. The number of hydrogen-bond acceptors (Lipinski definition) is 3. The summed E-state index contributed by atoms with van der Waals surface area (Å²) in [6.45, 7) is 4.88. The van der Waals surface area contributed by atoms with Crippen LogP contribution in [-0.4, -0.2) is 39.6 Å². The first kappa shape index (κ1) is 28.5. The lowest BCUT2D eigenvalue weighted by molar-refractivity contribution is -0.134. The van der Waals surface area contributed by atoms with Crippen LogP contribution < -0.4 is 5.32 Å². The summed E-state index contributed by atoms with van der Waals surface area (Å²) >= 11 is 6.47. The number of benzene rings is 2. The third-order valence-electron chi connectivity index (χ3n) is 6.34. The standard InChI is InChI=1S/C30H39ClN4O2/c1-3-5-7-8-9-13-20-30(37)34(21-6-4-2)23-29(36)32-28-22-26(24-16-11-10-12-17-24)33-35(28)27-19-15-14-18-25(27)31/h10-12,14-19,22H,3-9,13,20-21,23H2,1-2H3,(H,32,36). The minimum Gasteiger partial charge on any atom is -0.333 e. The van der Waals surface area contributed by atoms with Gasteiger partial charge in [0.2, 0.25) is 11.8 Å². The van der Waals surface area contributed by atoms with Crippen LogP contribution in [0.15, 0.2) is 60.7 Å². The van der Waals surface area contributed by atoms with Crippen molar-refractivity contribution in [1.82, 2.24) is 14.7 Å². The molecule has 3 rings (SSSR count). The van der Waals surface area contributed by atoms with Gasteiger partial charge in [-0.1, -0.05) is 106 Å². The number of nitrogens with zero attached hydrogens (tertiary/aromatic N) is 3. The van der Waals surface area contributed by atoms with Gasteiger partial charge in [0.05, 0.1) is 22.9 Å². The van der Waals surface area contributed by atoms with Gasteiger partial charge in [0.25, 0.3) is 0 Å². The number of unbranched alkanes of at least 4 members (excludes halogenated alkanes) is 6. The molecular weight excluding hydrogens is 484 g/mol. The minimum absolute atomic E-state index is 0.0169. The molecule has 0 aliphatic carbocycles. The highest BCUT2D eigenvalue weighted by Crippen LogP contribution is 2.28. The Morgan fingerprint density at radius 3 is 2.30 bits per heavy atom. The monoisotopic (exact) mass is 522 g/mol. The molecule has 1 N–H and O–H groups in total. The number of halogens is 1. The Bertz CT molecular complexity index is 1130. The summed E-state index contributed by atoms with van der Waals surface area (Å²) in [4.78, 5) is 27.8. The van der Waals surface area contributed by atoms with Crippen molar-refractivity contribution in [3.63, 3.8) is 0 Å². The van der Waals surface area contributed by atoms with Crippen molar-refractivity contribution in [1.29, 1.82) is 0 Å². The summed E-state index contributed by atoms with van der Waals surface area (Å²) in [5.74, 6) is 0.305. The van der Waals surface area contributed by atoms with Crippen LogP contribution >= 0.6 is 11.6 Å². The van der Waals surface area contributed by atoms with Crippen LogP contribution in [0.5, 0.6) is 0 Å². The van der Waals surface area contributed by atoms with Crippen molar-refractivity contribution in [3.8, 4) is 16.9 Å². The van der Waals surface area contributed by atoms with Gasteiger partial charge in [0.1, 0.15) is 5.82 Å². The molecule has 7 heteroatoms. The Morgan fingerprint density at radius 1 is 0.892 bits per heavy atom. The highest BCUT2D eigenvalue weighted by molar-refractivity contribution is 6.32. The first-order valence-electron chi connectivity index (χ1n) is 13.5. The number of para-hydroxylation sites is 1. The fraction of sp³-hybridized carbons (Fsp3) is 0.433. The lowest BCUT2D eigenvalue weighted by atomic mass is 10.1. The van der Waals surface area contributed by atoms with Crippen molar-refractivity contribution < 1.29 is 9.59 Å². The highest BCUT2D eigenvalue weighted by atomic mass is 35.5. The lowest BCUT2D eigenvalue weighted by Crippen LogP contribution is -2.38. The SMILES string of the molecule is CCCCCCCCC(=O)N(CCCC)CC(=O)Nc1cc(-c2ccccc2)nn1-c1ccccc1Cl. The molecule has 0 atom stereocenters. The lowest BCUT2D eigenvalue weighted by Gasteiger charge is -2.22. The third-order valence-corrected chi connectivity index (χ3v) is 6.66. The predicted molar refractivity (Wildman–Crippen MR) is 152 cm³/mol. The van der Waals surface area contributed by atoms with E-state index in [2.05, 4.69) is 19.2 Å². The topological polar surface area (TPSA) is 67.2 Å². The summed E-state index contributed by atoms with van der Waals surface area (Å²) in [6, 6.07) is 19.0. The minimum atomic E-state index is -0.250. The Morgan fingerprint density at radius 2 is 1.57 bits per heavy atom. The average Bonchev–Trinajstić information content (AvgIpc) is 3.32. The maximum atomic E-state index is 13.2. The zero-order chi connectivity index (χ0) is 26.5. The number of rotatable bonds is 15. The van der Waals surface area contributed by atoms with Crippen molar-refractivity contribution >= 4 is 29.2 Å². The van der Waals surface area contributed by atoms with Crippen LogP contribution in [0, 0.1) is 0 Å². The molecule has 3 aromatic rings. The van der Waals surface area contributed by atoms with Gasteiger partial charge in [-0.25, -0.2) is 4.68 Å². The molecule has 2 amide bonds. The van der Waals surface area contributed by atoms with Gasteiger partial charge in [-0.2, -0.15) is 5.10 Å². The Labute approximate surface area is 226 Å². The van der Waals surface area contributed by atoms with Crippen LogP contribution in [0.25, 0.3) is 16.9 Å². The molecule has 198 valence electrons. The second-order valence-corrected chi connectivity index (χ2v) is 9.79. The van der Waals surface area contributed by atoms with Crippen LogP contribution in [-0.2, 0) is 9.59 Å². The van der Waals surface area contributed by atoms with E-state index < -0.39 is 0 Å². The smallest absolute Gasteiger partial charge is 0.245 e. The van der Waals surface area contributed by atoms with Gasteiger partial charge in [0.15, 0.2) is 0 Å². The maximum absolute atomic E-state index is 13.2. The predicted octanol–water partition coefficient (Wildman–Crippen LogP) is 7.51. The second kappa shape index (κ2) is 15.2. The molecule has 2 aromatic carbocycles. The van der Waals surface area contributed by atoms with Crippen LogP contribution in [0.2, 0.25) is 5.02 Å². The highest BCUT2D eigenvalue weighted by Gasteiger charge is 2.20. The van der Waals surface area contributed by atoms with Gasteiger partial charge >= 0.3 is 0 Å². The second-order valence-electron chi connectivity index (χ2n) is 9.38. The van der Waals surface area contributed by atoms with Crippen molar-refractivity contribution in [2.24, 2.45) is 0 Å². The molecule has 0 saturated heterocycles. The van der Waals surface area contributed by atoms with E-state index in [0.29, 0.717) is 29.5 Å². The number of amides is 2. The van der Waals surface area contributed by atoms with Gasteiger partial charge in [0, 0.05) is 24.6 Å². The summed E-state index contributed by atoms with van der Waals surface area (Å²) in [5.41, 5.74) is 2.32. The summed E-state index contributed by atoms with van der Waals surface area (Å²) in [7, 11) is 0. The molecule has 6 nitrogen and oxygen atoms in total. The number of aromatic nitrogens is 2. The maximum Gasteiger partial charge on any atom is 0.245 e. The number of nitrogens with one attached hydrogen (secondary N) is 1. The quantitative estimate of drug-likeness (QED) is 0.210. The Kier molecular flexibility index (Phi) is 11.7. The van der Waals surface area contributed by atoms with E-state index in [1.807, 2.05) is 54.6 Å². The number of carbonyl (C=O) groups is 2. The fourth-order valence-electron chi connectivity index (χ4n) is 4.24. The van der Waals surface area contributed by atoms with E-state index in [9.17, 15) is 9.59 Å². The van der Waals surface area contributed by atoms with Gasteiger partial charge in [-0.15, -0.1) is 0 Å². The molecule has 0 spiro atoms. The van der Waals surface area contributed by atoms with Gasteiger partial charge in [-0.3, -0.25) is 9.59 Å². The summed E-state index contributed by atoms with van der Waals surface area (Å²) < 4.78 is 1.65. The largest absolute Gasteiger partial charge is 0.333 e. The molecular formula is C30H39ClN4O2. The molecule has 0 bridgehead atoms. The fourth-order valence-corrected chi connectivity index (χ4v) is 4.45. The molecule has 0 unspecified atom stereocenters. The first-order chi connectivity index (χ1) is 18.0. The Hall–Kier alpha value is -3.12. The van der Waals surface area contributed by atoms with Crippen molar-refractivity contribution in [2.45, 2.75) is 71.6 Å². The Balaban J connectivity index is 1.73. The molecule has 37 heavy (non-hydrogen) atoms. The summed E-state index contributed by atoms with van der Waals surface area (Å²) in [5, 5.41) is 8.25. The van der Waals surface area contributed by atoms with E-state index in [0.717, 1.165) is 43.4 Å². The van der Waals surface area contributed by atoms with E-state index >= 15 is 0 Å². The van der Waals surface area contributed by atoms with Crippen LogP contribution in [0.3, 0.4) is 0 Å². The zero-order valence-corrected chi connectivity index (χ0v) is 22.8. The van der Waals surface area contributed by atoms with E-state index in [1.165, 1.54) is 19.3 Å². The number of carbonyl (C=O) groups excluding carboxylic acids is 2. The zero-order valence-electron chi connectivity index (χ0n) is 22.1. The van der Waals surface area contributed by atoms with Crippen molar-refractivity contribution in [3.05, 3.63) is 65.7 Å². The van der Waals surface area contributed by atoms with Crippen LogP contribution in [0.4, 0.5) is 5.82 Å².